The lowest BCUT2D eigenvalue weighted by Crippen LogP contribution is -2.58. The van der Waals surface area contributed by atoms with Crippen molar-refractivity contribution in [1.29, 1.82) is 0 Å². The molecule has 0 unspecified atom stereocenters. The van der Waals surface area contributed by atoms with E-state index in [0.717, 1.165) is 5.52 Å². The van der Waals surface area contributed by atoms with Gasteiger partial charge in [0.05, 0.1) is 11.0 Å². The Balaban J connectivity index is 1.89. The number of fused-ring (bicyclic) bond motifs is 1. The number of nitrogens with zero attached hydrogens (tertiary/aromatic N) is 2. The number of carbonyl (C=O) groups is 2. The van der Waals surface area contributed by atoms with Gasteiger partial charge in [-0.25, -0.2) is 9.59 Å². The summed E-state index contributed by atoms with van der Waals surface area (Å²) in [5.41, 5.74) is -0.208. The first-order chi connectivity index (χ1) is 12.0. The van der Waals surface area contributed by atoms with Gasteiger partial charge in [0.2, 0.25) is 5.91 Å². The van der Waals surface area contributed by atoms with Crippen LogP contribution in [0.2, 0.25) is 0 Å². The van der Waals surface area contributed by atoms with Crippen molar-refractivity contribution < 1.29 is 19.4 Å². The molecule has 3 rings (SSSR count). The number of hydrogen-bond donors (Lipinski definition) is 2. The third-order valence-electron chi connectivity index (χ3n) is 4.68. The Kier molecular flexibility index (Phi) is 4.63. The molecule has 0 saturated carbocycles. The van der Waals surface area contributed by atoms with Crippen LogP contribution < -0.4 is 11.0 Å². The highest BCUT2D eigenvalue weighted by atomic mass is 16.5. The second-order valence-corrected chi connectivity index (χ2v) is 6.15. The molecule has 0 bridgehead atoms. The van der Waals surface area contributed by atoms with Gasteiger partial charge in [0.25, 0.3) is 0 Å². The van der Waals surface area contributed by atoms with Crippen LogP contribution in [-0.2, 0) is 27.4 Å². The summed E-state index contributed by atoms with van der Waals surface area (Å²) in [4.78, 5) is 36.7. The lowest BCUT2D eigenvalue weighted by Gasteiger charge is -2.33. The fourth-order valence-electron chi connectivity index (χ4n) is 3.29. The van der Waals surface area contributed by atoms with Gasteiger partial charge in [0.15, 0.2) is 0 Å². The van der Waals surface area contributed by atoms with Crippen molar-refractivity contribution in [2.45, 2.75) is 38.4 Å². The van der Waals surface area contributed by atoms with Crippen molar-refractivity contribution in [2.75, 3.05) is 13.2 Å². The molecule has 8 heteroatoms. The molecule has 1 aliphatic rings. The van der Waals surface area contributed by atoms with E-state index in [9.17, 15) is 19.5 Å². The summed E-state index contributed by atoms with van der Waals surface area (Å²) in [5.74, 6) is -1.57. The molecule has 1 saturated heterocycles. The Bertz CT molecular complexity index is 861. The van der Waals surface area contributed by atoms with Gasteiger partial charge in [-0.3, -0.25) is 13.9 Å². The summed E-state index contributed by atoms with van der Waals surface area (Å²) in [5, 5.41) is 12.1. The van der Waals surface area contributed by atoms with Gasteiger partial charge in [0.1, 0.15) is 12.1 Å². The van der Waals surface area contributed by atoms with Gasteiger partial charge in [-0.1, -0.05) is 12.1 Å². The number of carboxylic acid groups (broad SMARTS) is 1. The number of aromatic nitrogens is 2. The van der Waals surface area contributed by atoms with E-state index in [2.05, 4.69) is 5.32 Å². The van der Waals surface area contributed by atoms with Gasteiger partial charge in [-0.2, -0.15) is 0 Å². The second-order valence-electron chi connectivity index (χ2n) is 6.15. The van der Waals surface area contributed by atoms with Crippen LogP contribution in [0.5, 0.6) is 0 Å². The summed E-state index contributed by atoms with van der Waals surface area (Å²) >= 11 is 0. The number of hydrogen-bond acceptors (Lipinski definition) is 4. The van der Waals surface area contributed by atoms with Gasteiger partial charge in [0, 0.05) is 32.6 Å². The molecule has 1 aliphatic heterocycles. The Hall–Kier alpha value is -2.61. The first-order valence-corrected chi connectivity index (χ1v) is 8.29. The first-order valence-electron chi connectivity index (χ1n) is 8.29. The number of benzene rings is 1. The Morgan fingerprint density at radius 3 is 2.36 bits per heavy atom. The third kappa shape index (κ3) is 3.05. The topological polar surface area (TPSA) is 103 Å². The van der Waals surface area contributed by atoms with Crippen LogP contribution >= 0.6 is 0 Å². The average molecular weight is 347 g/mol. The van der Waals surface area contributed by atoms with Gasteiger partial charge in [-0.05, 0) is 19.1 Å². The molecule has 0 radical (unpaired) electrons. The summed E-state index contributed by atoms with van der Waals surface area (Å²) in [7, 11) is 0. The number of carboxylic acids is 1. The first kappa shape index (κ1) is 17.2. The molecule has 8 nitrogen and oxygen atoms in total. The van der Waals surface area contributed by atoms with Crippen molar-refractivity contribution in [2.24, 2.45) is 0 Å². The summed E-state index contributed by atoms with van der Waals surface area (Å²) < 4.78 is 8.16. The molecule has 134 valence electrons. The number of rotatable bonds is 5. The molecular formula is C17H21N3O5. The number of aliphatic carboxylic acids is 1. The molecule has 0 spiro atoms. The van der Waals surface area contributed by atoms with Crippen molar-refractivity contribution >= 4 is 22.9 Å². The number of nitrogens with one attached hydrogen (secondary N) is 1. The maximum atomic E-state index is 12.6. The highest BCUT2D eigenvalue weighted by Gasteiger charge is 2.41. The van der Waals surface area contributed by atoms with E-state index < -0.39 is 17.4 Å². The van der Waals surface area contributed by atoms with E-state index in [1.807, 2.05) is 19.1 Å². The zero-order valence-corrected chi connectivity index (χ0v) is 14.0. The smallest absolute Gasteiger partial charge is 0.329 e. The van der Waals surface area contributed by atoms with Crippen LogP contribution in [0.4, 0.5) is 0 Å². The quantitative estimate of drug-likeness (QED) is 0.823. The molecule has 1 aromatic carbocycles. The van der Waals surface area contributed by atoms with Crippen LogP contribution in [0, 0.1) is 0 Å². The summed E-state index contributed by atoms with van der Waals surface area (Å²) in [6, 6.07) is 7.23. The number of aryl methyl sites for hydroxylation is 1. The SMILES string of the molecule is CCn1c(=O)n(CC(=O)NC2(C(=O)O)CCOCC2)c2ccccc21. The summed E-state index contributed by atoms with van der Waals surface area (Å²) in [6.07, 6.45) is 0.416. The minimum atomic E-state index is -1.33. The van der Waals surface area contributed by atoms with E-state index in [1.54, 1.807) is 16.7 Å². The largest absolute Gasteiger partial charge is 0.480 e. The number of amides is 1. The molecule has 25 heavy (non-hydrogen) atoms. The van der Waals surface area contributed by atoms with Crippen LogP contribution in [0.1, 0.15) is 19.8 Å². The fraction of sp³-hybridized carbons (Fsp3) is 0.471. The third-order valence-corrected chi connectivity index (χ3v) is 4.68. The number of ether oxygens (including phenoxy) is 1. The van der Waals surface area contributed by atoms with Gasteiger partial charge < -0.3 is 15.2 Å². The highest BCUT2D eigenvalue weighted by molar-refractivity contribution is 5.88. The van der Waals surface area contributed by atoms with E-state index in [0.29, 0.717) is 12.1 Å². The fourth-order valence-corrected chi connectivity index (χ4v) is 3.29. The zero-order valence-electron chi connectivity index (χ0n) is 14.0. The molecule has 2 N–H and O–H groups in total. The average Bonchev–Trinajstić information content (AvgIpc) is 2.87. The van der Waals surface area contributed by atoms with E-state index in [4.69, 9.17) is 4.74 Å². The molecule has 1 aromatic heterocycles. The lowest BCUT2D eigenvalue weighted by atomic mass is 9.90. The highest BCUT2D eigenvalue weighted by Crippen LogP contribution is 2.21. The normalized spacial score (nSPS) is 16.7. The van der Waals surface area contributed by atoms with Gasteiger partial charge in [-0.15, -0.1) is 0 Å². The molecule has 2 aromatic rings. The van der Waals surface area contributed by atoms with Crippen molar-refractivity contribution in [3.8, 4) is 0 Å². The van der Waals surface area contributed by atoms with Crippen LogP contribution in [0.25, 0.3) is 11.0 Å². The molecule has 0 atom stereocenters. The van der Waals surface area contributed by atoms with Crippen molar-refractivity contribution in [3.05, 3.63) is 34.7 Å². The van der Waals surface area contributed by atoms with Crippen molar-refractivity contribution in [1.82, 2.24) is 14.5 Å². The van der Waals surface area contributed by atoms with Crippen LogP contribution in [0.15, 0.2) is 29.1 Å². The number of carbonyl (C=O) groups excluding carboxylic acids is 1. The maximum absolute atomic E-state index is 12.6. The summed E-state index contributed by atoms with van der Waals surface area (Å²) in [6.45, 7) is 2.69. The predicted octanol–water partition coefficient (Wildman–Crippen LogP) is 0.573. The molecular weight excluding hydrogens is 326 g/mol. The Morgan fingerprint density at radius 1 is 1.20 bits per heavy atom. The maximum Gasteiger partial charge on any atom is 0.329 e. The van der Waals surface area contributed by atoms with E-state index in [1.165, 1.54) is 4.57 Å². The van der Waals surface area contributed by atoms with E-state index >= 15 is 0 Å². The number of imidazole rings is 1. The molecule has 2 heterocycles. The molecule has 1 amide bonds. The Morgan fingerprint density at radius 2 is 1.80 bits per heavy atom. The molecule has 0 aliphatic carbocycles. The van der Waals surface area contributed by atoms with Crippen LogP contribution in [0.3, 0.4) is 0 Å². The van der Waals surface area contributed by atoms with Crippen molar-refractivity contribution in [3.63, 3.8) is 0 Å². The van der Waals surface area contributed by atoms with Gasteiger partial charge >= 0.3 is 11.7 Å². The van der Waals surface area contributed by atoms with Crippen LogP contribution in [-0.4, -0.2) is 44.9 Å². The minimum Gasteiger partial charge on any atom is -0.480 e. The minimum absolute atomic E-state index is 0.208. The second kappa shape index (κ2) is 6.72. The number of para-hydroxylation sites is 2. The standard InChI is InChI=1S/C17H21N3O5/c1-2-19-12-5-3-4-6-13(12)20(16(19)24)11-14(21)18-17(15(22)23)7-9-25-10-8-17/h3-6H,2,7-11H2,1H3,(H,18,21)(H,22,23). The Labute approximate surface area is 144 Å². The predicted molar refractivity (Wildman–Crippen MR) is 90.4 cm³/mol. The zero-order chi connectivity index (χ0) is 18.0. The lowest BCUT2D eigenvalue weighted by molar-refractivity contribution is -0.152. The molecule has 1 fully saturated rings. The van der Waals surface area contributed by atoms with E-state index in [-0.39, 0.29) is 38.3 Å². The monoisotopic (exact) mass is 347 g/mol.